The van der Waals surface area contributed by atoms with Crippen molar-refractivity contribution in [3.8, 4) is 11.5 Å². The standard InChI is InChI=1S/C19H22N2O3/c1-13-8-16-17(9-14(13)2)21(12-20-16)10-15(22)11-24-19-7-5-4-6-18(19)23-3/h4-9,12,15,22H,10-11H2,1-3H3/t15-/m0/s1. The maximum absolute atomic E-state index is 10.3. The number of benzene rings is 2. The van der Waals surface area contributed by atoms with Crippen LogP contribution in [-0.4, -0.2) is 34.5 Å². The van der Waals surface area contributed by atoms with Gasteiger partial charge in [-0.3, -0.25) is 0 Å². The number of fused-ring (bicyclic) bond motifs is 1. The van der Waals surface area contributed by atoms with Gasteiger partial charge in [0.05, 0.1) is 31.0 Å². The summed E-state index contributed by atoms with van der Waals surface area (Å²) < 4.78 is 12.9. The van der Waals surface area contributed by atoms with E-state index in [0.29, 0.717) is 18.0 Å². The summed E-state index contributed by atoms with van der Waals surface area (Å²) in [7, 11) is 1.60. The molecule has 2 aromatic carbocycles. The molecule has 1 N–H and O–H groups in total. The molecule has 126 valence electrons. The van der Waals surface area contributed by atoms with Gasteiger partial charge >= 0.3 is 0 Å². The lowest BCUT2D eigenvalue weighted by Gasteiger charge is -2.15. The zero-order valence-corrected chi connectivity index (χ0v) is 14.2. The Labute approximate surface area is 141 Å². The Bertz CT molecular complexity index is 842. The molecule has 24 heavy (non-hydrogen) atoms. The Morgan fingerprint density at radius 1 is 1.12 bits per heavy atom. The first kappa shape index (κ1) is 16.3. The van der Waals surface area contributed by atoms with E-state index in [0.717, 1.165) is 11.0 Å². The second-order valence-corrected chi connectivity index (χ2v) is 5.94. The maximum atomic E-state index is 10.3. The number of nitrogens with zero attached hydrogens (tertiary/aromatic N) is 2. The summed E-state index contributed by atoms with van der Waals surface area (Å²) >= 11 is 0. The average molecular weight is 326 g/mol. The van der Waals surface area contributed by atoms with Crippen LogP contribution >= 0.6 is 0 Å². The molecule has 0 bridgehead atoms. The summed E-state index contributed by atoms with van der Waals surface area (Å²) in [6.45, 7) is 4.76. The Morgan fingerprint density at radius 3 is 2.58 bits per heavy atom. The highest BCUT2D eigenvalue weighted by molar-refractivity contribution is 5.77. The lowest BCUT2D eigenvalue weighted by Crippen LogP contribution is -2.23. The molecule has 5 nitrogen and oxygen atoms in total. The van der Waals surface area contributed by atoms with Crippen molar-refractivity contribution in [2.75, 3.05) is 13.7 Å². The molecule has 0 aliphatic heterocycles. The number of ether oxygens (including phenoxy) is 2. The van der Waals surface area contributed by atoms with Crippen LogP contribution in [0.15, 0.2) is 42.7 Å². The minimum Gasteiger partial charge on any atom is -0.493 e. The molecule has 0 spiro atoms. The molecule has 3 aromatic rings. The molecule has 1 aromatic heterocycles. The van der Waals surface area contributed by atoms with E-state index in [2.05, 4.69) is 31.0 Å². The minimum atomic E-state index is -0.645. The van der Waals surface area contributed by atoms with E-state index in [9.17, 15) is 5.11 Å². The molecule has 0 saturated carbocycles. The Hall–Kier alpha value is -2.53. The Balaban J connectivity index is 1.69. The van der Waals surface area contributed by atoms with Crippen LogP contribution in [0.5, 0.6) is 11.5 Å². The predicted octanol–water partition coefficient (Wildman–Crippen LogP) is 3.10. The van der Waals surface area contributed by atoms with Crippen LogP contribution in [0.2, 0.25) is 0 Å². The quantitative estimate of drug-likeness (QED) is 0.756. The number of aromatic nitrogens is 2. The molecule has 0 aliphatic carbocycles. The van der Waals surface area contributed by atoms with E-state index < -0.39 is 6.10 Å². The number of hydrogen-bond acceptors (Lipinski definition) is 4. The fourth-order valence-corrected chi connectivity index (χ4v) is 2.66. The Kier molecular flexibility index (Phi) is 4.71. The van der Waals surface area contributed by atoms with E-state index >= 15 is 0 Å². The third-order valence-electron chi connectivity index (χ3n) is 4.14. The van der Waals surface area contributed by atoms with Crippen molar-refractivity contribution in [3.63, 3.8) is 0 Å². The number of imidazole rings is 1. The van der Waals surface area contributed by atoms with Crippen LogP contribution in [0.1, 0.15) is 11.1 Å². The average Bonchev–Trinajstić information content (AvgIpc) is 2.95. The molecular weight excluding hydrogens is 304 g/mol. The number of para-hydroxylation sites is 2. The molecule has 0 aliphatic rings. The van der Waals surface area contributed by atoms with Crippen LogP contribution in [0.4, 0.5) is 0 Å². The smallest absolute Gasteiger partial charge is 0.161 e. The summed E-state index contributed by atoms with van der Waals surface area (Å²) in [6.07, 6.45) is 1.12. The maximum Gasteiger partial charge on any atom is 0.161 e. The van der Waals surface area contributed by atoms with Gasteiger partial charge in [-0.1, -0.05) is 12.1 Å². The monoisotopic (exact) mass is 326 g/mol. The van der Waals surface area contributed by atoms with Crippen molar-refractivity contribution in [1.29, 1.82) is 0 Å². The molecule has 5 heteroatoms. The van der Waals surface area contributed by atoms with Gasteiger partial charge in [0.15, 0.2) is 11.5 Å². The van der Waals surface area contributed by atoms with Gasteiger partial charge in [0.2, 0.25) is 0 Å². The third-order valence-corrected chi connectivity index (χ3v) is 4.14. The molecule has 3 rings (SSSR count). The van der Waals surface area contributed by atoms with Crippen molar-refractivity contribution in [2.24, 2.45) is 0 Å². The molecule has 0 radical (unpaired) electrons. The van der Waals surface area contributed by atoms with Crippen molar-refractivity contribution >= 4 is 11.0 Å². The van der Waals surface area contributed by atoms with Gasteiger partial charge in [0.1, 0.15) is 12.7 Å². The lowest BCUT2D eigenvalue weighted by molar-refractivity contribution is 0.0919. The molecule has 0 saturated heterocycles. The largest absolute Gasteiger partial charge is 0.493 e. The summed E-state index contributed by atoms with van der Waals surface area (Å²) in [5, 5.41) is 10.3. The highest BCUT2D eigenvalue weighted by Crippen LogP contribution is 2.26. The van der Waals surface area contributed by atoms with Gasteiger partial charge in [-0.2, -0.15) is 0 Å². The summed E-state index contributed by atoms with van der Waals surface area (Å²) in [4.78, 5) is 4.41. The molecule has 0 amide bonds. The van der Waals surface area contributed by atoms with Crippen LogP contribution < -0.4 is 9.47 Å². The highest BCUT2D eigenvalue weighted by atomic mass is 16.5. The first-order chi connectivity index (χ1) is 11.6. The second-order valence-electron chi connectivity index (χ2n) is 5.94. The first-order valence-corrected chi connectivity index (χ1v) is 7.94. The first-order valence-electron chi connectivity index (χ1n) is 7.94. The predicted molar refractivity (Wildman–Crippen MR) is 93.7 cm³/mol. The number of aliphatic hydroxyl groups excluding tert-OH is 1. The number of hydrogen-bond donors (Lipinski definition) is 1. The van der Waals surface area contributed by atoms with Gasteiger partial charge in [-0.25, -0.2) is 4.98 Å². The minimum absolute atomic E-state index is 0.185. The normalized spacial score (nSPS) is 12.3. The fourth-order valence-electron chi connectivity index (χ4n) is 2.66. The van der Waals surface area contributed by atoms with Crippen molar-refractivity contribution in [3.05, 3.63) is 53.9 Å². The van der Waals surface area contributed by atoms with Crippen LogP contribution in [-0.2, 0) is 6.54 Å². The highest BCUT2D eigenvalue weighted by Gasteiger charge is 2.12. The van der Waals surface area contributed by atoms with Gasteiger partial charge < -0.3 is 19.1 Å². The zero-order chi connectivity index (χ0) is 17.1. The SMILES string of the molecule is COc1ccccc1OC[C@@H](O)Cn1cnc2cc(C)c(C)cc21. The molecule has 1 heterocycles. The number of methoxy groups -OCH3 is 1. The van der Waals surface area contributed by atoms with Gasteiger partial charge in [-0.05, 0) is 49.2 Å². The number of rotatable bonds is 6. The van der Waals surface area contributed by atoms with E-state index in [1.165, 1.54) is 11.1 Å². The van der Waals surface area contributed by atoms with Crippen molar-refractivity contribution in [1.82, 2.24) is 9.55 Å². The van der Waals surface area contributed by atoms with Crippen LogP contribution in [0.3, 0.4) is 0 Å². The van der Waals surface area contributed by atoms with Gasteiger partial charge in [-0.15, -0.1) is 0 Å². The summed E-state index contributed by atoms with van der Waals surface area (Å²) in [6, 6.07) is 11.6. The third kappa shape index (κ3) is 3.36. The van der Waals surface area contributed by atoms with Crippen LogP contribution in [0.25, 0.3) is 11.0 Å². The molecule has 0 fully saturated rings. The zero-order valence-electron chi connectivity index (χ0n) is 14.2. The Morgan fingerprint density at radius 2 is 1.83 bits per heavy atom. The van der Waals surface area contributed by atoms with E-state index in [1.807, 2.05) is 28.8 Å². The van der Waals surface area contributed by atoms with Gasteiger partial charge in [0.25, 0.3) is 0 Å². The number of aryl methyl sites for hydroxylation is 2. The van der Waals surface area contributed by atoms with Crippen molar-refractivity contribution < 1.29 is 14.6 Å². The number of aliphatic hydroxyl groups is 1. The second kappa shape index (κ2) is 6.93. The summed E-state index contributed by atoms with van der Waals surface area (Å²) in [5.41, 5.74) is 4.39. The van der Waals surface area contributed by atoms with Crippen LogP contribution in [0, 0.1) is 13.8 Å². The van der Waals surface area contributed by atoms with Gasteiger partial charge in [0, 0.05) is 0 Å². The summed E-state index contributed by atoms with van der Waals surface area (Å²) in [5.74, 6) is 1.28. The molecule has 0 unspecified atom stereocenters. The van der Waals surface area contributed by atoms with E-state index in [1.54, 1.807) is 13.4 Å². The fraction of sp³-hybridized carbons (Fsp3) is 0.316. The van der Waals surface area contributed by atoms with E-state index in [4.69, 9.17) is 9.47 Å². The molecule has 1 atom stereocenters. The molecular formula is C19H22N2O3. The lowest BCUT2D eigenvalue weighted by atomic mass is 10.1. The topological polar surface area (TPSA) is 56.5 Å². The van der Waals surface area contributed by atoms with Crippen molar-refractivity contribution in [2.45, 2.75) is 26.5 Å². The van der Waals surface area contributed by atoms with E-state index in [-0.39, 0.29) is 6.61 Å².